The van der Waals surface area contributed by atoms with Crippen molar-refractivity contribution in [2.75, 3.05) is 30.8 Å². The first-order valence-electron chi connectivity index (χ1n) is 8.40. The monoisotopic (exact) mass is 431 g/mol. The van der Waals surface area contributed by atoms with Crippen LogP contribution < -0.4 is 10.6 Å². The predicted molar refractivity (Wildman–Crippen MR) is 110 cm³/mol. The highest BCUT2D eigenvalue weighted by Crippen LogP contribution is 2.20. The highest BCUT2D eigenvalue weighted by atomic mass is 79.9. The third-order valence-electron chi connectivity index (χ3n) is 3.87. The smallest absolute Gasteiger partial charge is 0.238 e. The van der Waals surface area contributed by atoms with E-state index >= 15 is 0 Å². The summed E-state index contributed by atoms with van der Waals surface area (Å²) in [6.07, 6.45) is 0. The fourth-order valence-electron chi connectivity index (χ4n) is 2.59. The maximum Gasteiger partial charge on any atom is 0.238 e. The van der Waals surface area contributed by atoms with Gasteiger partial charge in [-0.15, -0.1) is 0 Å². The number of nitrogens with one attached hydrogen (secondary N) is 2. The molecule has 0 saturated heterocycles. The minimum atomic E-state index is -0.293. The summed E-state index contributed by atoms with van der Waals surface area (Å²) >= 11 is 3.38. The van der Waals surface area contributed by atoms with Crippen LogP contribution in [0, 0.1) is 6.92 Å². The molecule has 0 aromatic heterocycles. The topological polar surface area (TPSA) is 78.5 Å². The van der Waals surface area contributed by atoms with Crippen LogP contribution in [0.3, 0.4) is 0 Å². The Labute approximate surface area is 167 Å². The van der Waals surface area contributed by atoms with E-state index < -0.39 is 0 Å². The zero-order chi connectivity index (χ0) is 20.0. The second-order valence-corrected chi connectivity index (χ2v) is 7.25. The van der Waals surface area contributed by atoms with E-state index in [2.05, 4.69) is 26.6 Å². The Hall–Kier alpha value is -2.51. The van der Waals surface area contributed by atoms with E-state index in [0.717, 1.165) is 15.7 Å². The SMILES string of the molecule is CC(=O)c1ccccc1NC(=O)CN(C)CC(=O)Nc1ccc(Br)cc1C. The van der Waals surface area contributed by atoms with Crippen molar-refractivity contribution in [3.05, 3.63) is 58.1 Å². The number of halogens is 1. The van der Waals surface area contributed by atoms with Crippen molar-refractivity contribution in [3.63, 3.8) is 0 Å². The van der Waals surface area contributed by atoms with Crippen molar-refractivity contribution in [1.29, 1.82) is 0 Å². The summed E-state index contributed by atoms with van der Waals surface area (Å²) in [7, 11) is 1.68. The van der Waals surface area contributed by atoms with Gasteiger partial charge in [-0.05, 0) is 56.8 Å². The van der Waals surface area contributed by atoms with Crippen LogP contribution in [-0.4, -0.2) is 42.6 Å². The van der Waals surface area contributed by atoms with Gasteiger partial charge in [0.05, 0.1) is 18.8 Å². The highest BCUT2D eigenvalue weighted by Gasteiger charge is 2.14. The normalized spacial score (nSPS) is 10.6. The minimum absolute atomic E-state index is 0.0268. The lowest BCUT2D eigenvalue weighted by molar-refractivity contribution is -0.119. The Morgan fingerprint density at radius 3 is 2.15 bits per heavy atom. The minimum Gasteiger partial charge on any atom is -0.325 e. The van der Waals surface area contributed by atoms with Gasteiger partial charge in [-0.2, -0.15) is 0 Å². The van der Waals surface area contributed by atoms with Gasteiger partial charge in [0, 0.05) is 15.7 Å². The molecule has 27 heavy (non-hydrogen) atoms. The number of Topliss-reactive ketones (excluding diaryl/α,β-unsaturated/α-hetero) is 1. The molecule has 0 aliphatic carbocycles. The van der Waals surface area contributed by atoms with Gasteiger partial charge in [-0.25, -0.2) is 0 Å². The summed E-state index contributed by atoms with van der Waals surface area (Å²) in [5, 5.41) is 5.56. The molecule has 2 aromatic carbocycles. The molecule has 142 valence electrons. The van der Waals surface area contributed by atoms with Crippen LogP contribution in [0.2, 0.25) is 0 Å². The summed E-state index contributed by atoms with van der Waals surface area (Å²) in [5.41, 5.74) is 2.60. The first kappa shape index (κ1) is 20.8. The number of ketones is 1. The zero-order valence-corrected chi connectivity index (χ0v) is 17.1. The Kier molecular flexibility index (Phi) is 7.27. The third-order valence-corrected chi connectivity index (χ3v) is 4.36. The molecule has 0 aliphatic rings. The first-order chi connectivity index (χ1) is 12.8. The quantitative estimate of drug-likeness (QED) is 0.657. The Morgan fingerprint density at radius 1 is 0.963 bits per heavy atom. The summed E-state index contributed by atoms with van der Waals surface area (Å²) in [4.78, 5) is 37.7. The highest BCUT2D eigenvalue weighted by molar-refractivity contribution is 9.10. The maximum absolute atomic E-state index is 12.2. The van der Waals surface area contributed by atoms with Crippen molar-refractivity contribution in [2.24, 2.45) is 0 Å². The molecular formula is C20H22BrN3O3. The molecule has 2 rings (SSSR count). The van der Waals surface area contributed by atoms with Crippen molar-refractivity contribution >= 4 is 44.9 Å². The van der Waals surface area contributed by atoms with Crippen LogP contribution in [0.1, 0.15) is 22.8 Å². The molecule has 6 nitrogen and oxygen atoms in total. The standard InChI is InChI=1S/C20H22BrN3O3/c1-13-10-15(21)8-9-17(13)22-19(26)11-24(3)12-20(27)23-18-7-5-4-6-16(18)14(2)25/h4-10H,11-12H2,1-3H3,(H,22,26)(H,23,27). The number of carbonyl (C=O) groups excluding carboxylic acids is 3. The number of para-hydroxylation sites is 1. The molecule has 0 unspecified atom stereocenters. The van der Waals surface area contributed by atoms with Crippen molar-refractivity contribution < 1.29 is 14.4 Å². The summed E-state index contributed by atoms with van der Waals surface area (Å²) in [6.45, 7) is 3.45. The molecule has 2 amide bonds. The fourth-order valence-corrected chi connectivity index (χ4v) is 3.07. The molecular weight excluding hydrogens is 410 g/mol. The second-order valence-electron chi connectivity index (χ2n) is 6.33. The molecule has 0 radical (unpaired) electrons. The number of aryl methyl sites for hydroxylation is 1. The molecule has 0 atom stereocenters. The van der Waals surface area contributed by atoms with E-state index in [1.54, 1.807) is 36.2 Å². The molecule has 0 saturated carbocycles. The molecule has 2 N–H and O–H groups in total. The number of anilines is 2. The second kappa shape index (κ2) is 9.43. The van der Waals surface area contributed by atoms with Crippen LogP contribution in [0.15, 0.2) is 46.9 Å². The van der Waals surface area contributed by atoms with E-state index in [-0.39, 0.29) is 30.7 Å². The molecule has 0 fully saturated rings. The lowest BCUT2D eigenvalue weighted by atomic mass is 10.1. The van der Waals surface area contributed by atoms with Gasteiger partial charge in [-0.3, -0.25) is 19.3 Å². The number of likely N-dealkylation sites (N-methyl/N-ethyl adjacent to an activating group) is 1. The molecule has 0 heterocycles. The largest absolute Gasteiger partial charge is 0.325 e. The van der Waals surface area contributed by atoms with E-state index in [1.165, 1.54) is 6.92 Å². The molecule has 0 spiro atoms. The van der Waals surface area contributed by atoms with Gasteiger partial charge >= 0.3 is 0 Å². The number of hydrogen-bond donors (Lipinski definition) is 2. The van der Waals surface area contributed by atoms with Crippen molar-refractivity contribution in [1.82, 2.24) is 4.90 Å². The Bertz CT molecular complexity index is 867. The van der Waals surface area contributed by atoms with E-state index in [9.17, 15) is 14.4 Å². The maximum atomic E-state index is 12.2. The lowest BCUT2D eigenvalue weighted by Gasteiger charge is -2.17. The fraction of sp³-hybridized carbons (Fsp3) is 0.250. The van der Waals surface area contributed by atoms with Crippen LogP contribution in [0.5, 0.6) is 0 Å². The van der Waals surface area contributed by atoms with Crippen LogP contribution >= 0.6 is 15.9 Å². The average Bonchev–Trinajstić information content (AvgIpc) is 2.57. The van der Waals surface area contributed by atoms with Gasteiger partial charge in [0.25, 0.3) is 0 Å². The van der Waals surface area contributed by atoms with Crippen LogP contribution in [-0.2, 0) is 9.59 Å². The number of carbonyl (C=O) groups is 3. The zero-order valence-electron chi connectivity index (χ0n) is 15.5. The summed E-state index contributed by atoms with van der Waals surface area (Å²) in [5.74, 6) is -0.623. The number of nitrogens with zero attached hydrogens (tertiary/aromatic N) is 1. The number of benzene rings is 2. The predicted octanol–water partition coefficient (Wildman–Crippen LogP) is 3.47. The molecule has 0 aliphatic heterocycles. The van der Waals surface area contributed by atoms with Crippen molar-refractivity contribution in [3.8, 4) is 0 Å². The number of rotatable bonds is 7. The third kappa shape index (κ3) is 6.30. The van der Waals surface area contributed by atoms with Crippen LogP contribution in [0.4, 0.5) is 11.4 Å². The van der Waals surface area contributed by atoms with E-state index in [4.69, 9.17) is 0 Å². The van der Waals surface area contributed by atoms with Crippen LogP contribution in [0.25, 0.3) is 0 Å². The first-order valence-corrected chi connectivity index (χ1v) is 9.20. The van der Waals surface area contributed by atoms with Gasteiger partial charge in [0.15, 0.2) is 5.78 Å². The molecule has 7 heteroatoms. The molecule has 2 aromatic rings. The van der Waals surface area contributed by atoms with E-state index in [1.807, 2.05) is 25.1 Å². The van der Waals surface area contributed by atoms with E-state index in [0.29, 0.717) is 11.3 Å². The Morgan fingerprint density at radius 2 is 1.56 bits per heavy atom. The van der Waals surface area contributed by atoms with Gasteiger partial charge < -0.3 is 10.6 Å². The number of hydrogen-bond acceptors (Lipinski definition) is 4. The summed E-state index contributed by atoms with van der Waals surface area (Å²) in [6, 6.07) is 12.4. The van der Waals surface area contributed by atoms with Gasteiger partial charge in [0.1, 0.15) is 0 Å². The Balaban J connectivity index is 1.89. The molecule has 0 bridgehead atoms. The summed E-state index contributed by atoms with van der Waals surface area (Å²) < 4.78 is 0.942. The van der Waals surface area contributed by atoms with Gasteiger partial charge in [-0.1, -0.05) is 28.1 Å². The lowest BCUT2D eigenvalue weighted by Crippen LogP contribution is -2.36. The van der Waals surface area contributed by atoms with Crippen molar-refractivity contribution in [2.45, 2.75) is 13.8 Å². The van der Waals surface area contributed by atoms with Gasteiger partial charge in [0.2, 0.25) is 11.8 Å². The number of amides is 2. The average molecular weight is 432 g/mol.